The number of anilines is 1. The summed E-state index contributed by atoms with van der Waals surface area (Å²) in [5.74, 6) is -1.97. The molecule has 0 amide bonds. The summed E-state index contributed by atoms with van der Waals surface area (Å²) in [6.45, 7) is 0. The number of carboxylic acid groups (broad SMARTS) is 1. The predicted molar refractivity (Wildman–Crippen MR) is 48.0 cm³/mol. The molecule has 0 atom stereocenters. The Labute approximate surface area is 96.8 Å². The Morgan fingerprint density at radius 3 is 2.19 bits per heavy atom. The average molecular weight is 274 g/mol. The number of carbonyl (C=O) groups excluding carboxylic acids is 1. The second-order valence-corrected chi connectivity index (χ2v) is 3.39. The van der Waals surface area contributed by atoms with Crippen molar-refractivity contribution in [2.24, 2.45) is 0 Å². The van der Waals surface area contributed by atoms with E-state index in [0.29, 0.717) is 0 Å². The lowest BCUT2D eigenvalue weighted by Gasteiger charge is -2.14. The number of hydrogen-bond acceptors (Lipinski definition) is 4. The maximum absolute atomic E-state index is 12.3. The average Bonchev–Trinajstić information content (AvgIpc) is 2.11. The van der Waals surface area contributed by atoms with Crippen LogP contribution in [0.5, 0.6) is 0 Å². The van der Waals surface area contributed by atoms with Crippen LogP contribution in [0.25, 0.3) is 0 Å². The van der Waals surface area contributed by atoms with Crippen molar-refractivity contribution in [1.29, 1.82) is 0 Å². The van der Waals surface area contributed by atoms with E-state index in [1.54, 1.807) is 0 Å². The smallest absolute Gasteiger partial charge is 0.434 e. The first kappa shape index (κ1) is 12.9. The van der Waals surface area contributed by atoms with Gasteiger partial charge in [-0.05, 0) is 0 Å². The molecule has 16 heavy (non-hydrogen) atoms. The molecule has 88 valence electrons. The molecule has 9 heteroatoms. The zero-order valence-corrected chi connectivity index (χ0v) is 8.74. The minimum atomic E-state index is -4.93. The first-order chi connectivity index (χ1) is 7.16. The van der Waals surface area contributed by atoms with E-state index in [1.165, 1.54) is 0 Å². The lowest BCUT2D eigenvalue weighted by Crippen LogP contribution is -2.26. The Bertz CT molecular complexity index is 462. The standard InChI is InChI=1S/C7H3Cl2F3N2O2/c8-1-3(13)2(9)5(7(10,11)12)14-4(1)6(15)16/h(H2,13,14)(H,15,16)/p-1. The van der Waals surface area contributed by atoms with E-state index >= 15 is 0 Å². The van der Waals surface area contributed by atoms with Crippen LogP contribution in [0.3, 0.4) is 0 Å². The lowest BCUT2D eigenvalue weighted by atomic mass is 10.2. The molecule has 0 spiro atoms. The van der Waals surface area contributed by atoms with Crippen LogP contribution in [0.15, 0.2) is 0 Å². The number of nitrogens with two attached hydrogens (primary N) is 1. The highest BCUT2D eigenvalue weighted by molar-refractivity contribution is 6.40. The normalized spacial score (nSPS) is 11.6. The predicted octanol–water partition coefficient (Wildman–Crippen LogP) is 1.35. The number of pyridine rings is 1. The van der Waals surface area contributed by atoms with E-state index in [2.05, 4.69) is 4.98 Å². The molecule has 0 aliphatic heterocycles. The van der Waals surface area contributed by atoms with E-state index in [1.807, 2.05) is 0 Å². The zero-order chi connectivity index (χ0) is 12.7. The summed E-state index contributed by atoms with van der Waals surface area (Å²) in [4.78, 5) is 13.2. The summed E-state index contributed by atoms with van der Waals surface area (Å²) in [5, 5.41) is 8.82. The number of rotatable bonds is 1. The third-order valence-corrected chi connectivity index (χ3v) is 2.34. The lowest BCUT2D eigenvalue weighted by molar-refractivity contribution is -0.255. The molecule has 0 aromatic carbocycles. The number of alkyl halides is 3. The fourth-order valence-corrected chi connectivity index (χ4v) is 1.39. The van der Waals surface area contributed by atoms with Crippen LogP contribution in [-0.2, 0) is 6.18 Å². The number of aromatic carboxylic acids is 1. The van der Waals surface area contributed by atoms with Crippen LogP contribution in [0.2, 0.25) is 10.0 Å². The van der Waals surface area contributed by atoms with E-state index in [0.717, 1.165) is 0 Å². The molecule has 0 bridgehead atoms. The molecule has 1 aromatic heterocycles. The summed E-state index contributed by atoms with van der Waals surface area (Å²) in [6.07, 6.45) is -4.93. The van der Waals surface area contributed by atoms with Crippen molar-refractivity contribution >= 4 is 34.9 Å². The molecular formula is C7H2Cl2F3N2O2-. The topological polar surface area (TPSA) is 79.0 Å². The molecule has 0 aliphatic carbocycles. The summed E-state index contributed by atoms with van der Waals surface area (Å²) in [6, 6.07) is 0. The first-order valence-electron chi connectivity index (χ1n) is 3.59. The number of nitrogen functional groups attached to an aromatic ring is 1. The van der Waals surface area contributed by atoms with Crippen molar-refractivity contribution in [2.45, 2.75) is 6.18 Å². The summed E-state index contributed by atoms with van der Waals surface area (Å²) in [5.41, 5.74) is 1.70. The Kier molecular flexibility index (Phi) is 3.20. The highest BCUT2D eigenvalue weighted by Gasteiger charge is 2.37. The number of halogens is 5. The molecule has 1 heterocycles. The van der Waals surface area contributed by atoms with Gasteiger partial charge in [-0.1, -0.05) is 23.2 Å². The largest absolute Gasteiger partial charge is 0.543 e. The number of aromatic nitrogens is 1. The molecule has 0 saturated carbocycles. The van der Waals surface area contributed by atoms with Gasteiger partial charge in [-0.3, -0.25) is 0 Å². The van der Waals surface area contributed by atoms with Crippen molar-refractivity contribution < 1.29 is 23.1 Å². The van der Waals surface area contributed by atoms with Gasteiger partial charge in [0.2, 0.25) is 0 Å². The van der Waals surface area contributed by atoms with E-state index in [-0.39, 0.29) is 0 Å². The third-order valence-electron chi connectivity index (χ3n) is 1.57. The van der Waals surface area contributed by atoms with Gasteiger partial charge in [0.25, 0.3) is 0 Å². The number of hydrogen-bond donors (Lipinski definition) is 1. The molecule has 0 unspecified atom stereocenters. The van der Waals surface area contributed by atoms with E-state index in [4.69, 9.17) is 28.9 Å². The molecule has 0 aliphatic rings. The molecule has 0 saturated heterocycles. The van der Waals surface area contributed by atoms with E-state index in [9.17, 15) is 23.1 Å². The second kappa shape index (κ2) is 3.99. The molecular weight excluding hydrogens is 272 g/mol. The van der Waals surface area contributed by atoms with Gasteiger partial charge in [0.1, 0.15) is 5.69 Å². The zero-order valence-electron chi connectivity index (χ0n) is 7.23. The Morgan fingerprint density at radius 1 is 1.31 bits per heavy atom. The van der Waals surface area contributed by atoms with Crippen molar-refractivity contribution in [2.75, 3.05) is 5.73 Å². The summed E-state index contributed by atoms with van der Waals surface area (Å²) < 4.78 is 37.0. The molecule has 2 N–H and O–H groups in total. The van der Waals surface area contributed by atoms with Crippen LogP contribution >= 0.6 is 23.2 Å². The molecule has 0 fully saturated rings. The monoisotopic (exact) mass is 273 g/mol. The number of carboxylic acids is 1. The van der Waals surface area contributed by atoms with E-state index < -0.39 is 39.3 Å². The molecule has 0 radical (unpaired) electrons. The highest BCUT2D eigenvalue weighted by atomic mass is 35.5. The molecule has 1 aromatic rings. The number of carbonyl (C=O) groups is 1. The molecule has 4 nitrogen and oxygen atoms in total. The van der Waals surface area contributed by atoms with Gasteiger partial charge in [-0.2, -0.15) is 13.2 Å². The summed E-state index contributed by atoms with van der Waals surface area (Å²) in [7, 11) is 0. The van der Waals surface area contributed by atoms with Crippen molar-refractivity contribution in [3.05, 3.63) is 21.4 Å². The van der Waals surface area contributed by atoms with Gasteiger partial charge in [0, 0.05) is 0 Å². The number of nitrogens with zero attached hydrogens (tertiary/aromatic N) is 1. The minimum absolute atomic E-state index is 0.682. The van der Waals surface area contributed by atoms with Gasteiger partial charge in [-0.25, -0.2) is 4.98 Å². The fraction of sp³-hybridized carbons (Fsp3) is 0.143. The SMILES string of the molecule is Nc1c(Cl)c(C(=O)[O-])nc(C(F)(F)F)c1Cl. The Hall–Kier alpha value is -1.21. The highest BCUT2D eigenvalue weighted by Crippen LogP contribution is 2.39. The fourth-order valence-electron chi connectivity index (χ4n) is 0.885. The third kappa shape index (κ3) is 2.14. The molecule has 1 rings (SSSR count). The first-order valence-corrected chi connectivity index (χ1v) is 4.34. The summed E-state index contributed by atoms with van der Waals surface area (Å²) >= 11 is 10.6. The van der Waals surface area contributed by atoms with Gasteiger partial charge in [-0.15, -0.1) is 0 Å². The van der Waals surface area contributed by atoms with Crippen LogP contribution in [-0.4, -0.2) is 11.0 Å². The maximum Gasteiger partial charge on any atom is 0.434 e. The second-order valence-electron chi connectivity index (χ2n) is 2.64. The van der Waals surface area contributed by atoms with Crippen LogP contribution in [0.1, 0.15) is 16.2 Å². The van der Waals surface area contributed by atoms with Gasteiger partial charge in [0.05, 0.1) is 21.7 Å². The Balaban J connectivity index is 3.61. The minimum Gasteiger partial charge on any atom is -0.543 e. The van der Waals surface area contributed by atoms with Crippen molar-refractivity contribution in [1.82, 2.24) is 4.98 Å². The quantitative estimate of drug-likeness (QED) is 0.838. The maximum atomic E-state index is 12.3. The van der Waals surface area contributed by atoms with Crippen LogP contribution < -0.4 is 10.8 Å². The van der Waals surface area contributed by atoms with Gasteiger partial charge >= 0.3 is 6.18 Å². The van der Waals surface area contributed by atoms with Crippen LogP contribution in [0.4, 0.5) is 18.9 Å². The van der Waals surface area contributed by atoms with Gasteiger partial charge in [0.15, 0.2) is 5.69 Å². The van der Waals surface area contributed by atoms with Crippen molar-refractivity contribution in [3.63, 3.8) is 0 Å². The van der Waals surface area contributed by atoms with Crippen molar-refractivity contribution in [3.8, 4) is 0 Å². The van der Waals surface area contributed by atoms with Crippen LogP contribution in [0, 0.1) is 0 Å². The van der Waals surface area contributed by atoms with Gasteiger partial charge < -0.3 is 15.6 Å². The Morgan fingerprint density at radius 2 is 1.81 bits per heavy atom.